The molecule has 0 fully saturated rings. The highest BCUT2D eigenvalue weighted by atomic mass is 19.4. The molecule has 1 atom stereocenters. The van der Waals surface area contributed by atoms with E-state index in [-0.39, 0.29) is 13.1 Å². The normalized spacial score (nSPS) is 13.2. The first-order valence-electron chi connectivity index (χ1n) is 5.98. The molecule has 0 bridgehead atoms. The summed E-state index contributed by atoms with van der Waals surface area (Å²) >= 11 is 0. The third-order valence-electron chi connectivity index (χ3n) is 2.38. The molecule has 0 aliphatic carbocycles. The summed E-state index contributed by atoms with van der Waals surface area (Å²) in [6.45, 7) is 0.153. The zero-order chi connectivity index (χ0) is 15.8. The van der Waals surface area contributed by atoms with E-state index in [2.05, 4.69) is 15.4 Å². The van der Waals surface area contributed by atoms with Gasteiger partial charge in [0.15, 0.2) is 0 Å². The van der Waals surface area contributed by atoms with Gasteiger partial charge in [0, 0.05) is 26.6 Å². The highest BCUT2D eigenvalue weighted by Gasteiger charge is 2.33. The van der Waals surface area contributed by atoms with Crippen LogP contribution < -0.4 is 10.6 Å². The molecule has 1 unspecified atom stereocenters. The number of amides is 1. The maximum Gasteiger partial charge on any atom is 0.401 e. The standard InChI is InChI=1S/C11H20F3N3O3/c1-8(18)16-9(10(19)20-3)6-17(5-4-15-2)7-11(12,13)14/h9,15H,4-7H2,1-3H3,(H,16,18). The van der Waals surface area contributed by atoms with E-state index in [1.54, 1.807) is 7.05 Å². The van der Waals surface area contributed by atoms with E-state index >= 15 is 0 Å². The maximum atomic E-state index is 12.5. The minimum Gasteiger partial charge on any atom is -0.467 e. The van der Waals surface area contributed by atoms with Crippen molar-refractivity contribution in [2.45, 2.75) is 19.1 Å². The van der Waals surface area contributed by atoms with Gasteiger partial charge in [-0.15, -0.1) is 0 Å². The summed E-state index contributed by atoms with van der Waals surface area (Å²) in [6.07, 6.45) is -4.38. The Bertz CT molecular complexity index is 324. The zero-order valence-corrected chi connectivity index (χ0v) is 11.7. The molecule has 1 amide bonds. The number of carbonyl (C=O) groups is 2. The number of rotatable bonds is 8. The number of hydrogen-bond donors (Lipinski definition) is 2. The van der Waals surface area contributed by atoms with Crippen LogP contribution in [0.2, 0.25) is 0 Å². The summed E-state index contributed by atoms with van der Waals surface area (Å²) in [7, 11) is 2.72. The van der Waals surface area contributed by atoms with Crippen LogP contribution in [0.4, 0.5) is 13.2 Å². The van der Waals surface area contributed by atoms with Gasteiger partial charge in [-0.1, -0.05) is 0 Å². The smallest absolute Gasteiger partial charge is 0.401 e. The molecule has 0 aromatic rings. The number of halogens is 3. The molecule has 118 valence electrons. The molecule has 6 nitrogen and oxygen atoms in total. The van der Waals surface area contributed by atoms with Gasteiger partial charge in [0.25, 0.3) is 0 Å². The first-order valence-corrected chi connectivity index (χ1v) is 5.98. The van der Waals surface area contributed by atoms with Gasteiger partial charge in [-0.25, -0.2) is 4.79 Å². The lowest BCUT2D eigenvalue weighted by atomic mass is 10.2. The molecule has 0 rings (SSSR count). The predicted octanol–water partition coefficient (Wildman–Crippen LogP) is -0.252. The third-order valence-corrected chi connectivity index (χ3v) is 2.38. The second-order valence-corrected chi connectivity index (χ2v) is 4.23. The van der Waals surface area contributed by atoms with Crippen molar-refractivity contribution in [1.29, 1.82) is 0 Å². The lowest BCUT2D eigenvalue weighted by molar-refractivity contribution is -0.153. The third kappa shape index (κ3) is 8.70. The molecule has 20 heavy (non-hydrogen) atoms. The minimum absolute atomic E-state index is 0.0864. The van der Waals surface area contributed by atoms with Crippen molar-refractivity contribution in [3.8, 4) is 0 Å². The van der Waals surface area contributed by atoms with Gasteiger partial charge in [0.2, 0.25) is 5.91 Å². The molecule has 9 heteroatoms. The van der Waals surface area contributed by atoms with Gasteiger partial charge in [-0.2, -0.15) is 13.2 Å². The number of nitrogens with zero attached hydrogens (tertiary/aromatic N) is 1. The molecular weight excluding hydrogens is 279 g/mol. The highest BCUT2D eigenvalue weighted by molar-refractivity contribution is 5.83. The van der Waals surface area contributed by atoms with Crippen molar-refractivity contribution >= 4 is 11.9 Å². The number of methoxy groups -OCH3 is 1. The number of esters is 1. The lowest BCUT2D eigenvalue weighted by Gasteiger charge is -2.27. The monoisotopic (exact) mass is 299 g/mol. The summed E-state index contributed by atoms with van der Waals surface area (Å²) in [5.41, 5.74) is 0. The molecule has 0 aromatic carbocycles. The number of carbonyl (C=O) groups excluding carboxylic acids is 2. The van der Waals surface area contributed by atoms with Crippen molar-refractivity contribution in [3.63, 3.8) is 0 Å². The van der Waals surface area contributed by atoms with E-state index in [9.17, 15) is 22.8 Å². The quantitative estimate of drug-likeness (QED) is 0.605. The fraction of sp³-hybridized carbons (Fsp3) is 0.818. The van der Waals surface area contributed by atoms with Gasteiger partial charge in [0.05, 0.1) is 13.7 Å². The van der Waals surface area contributed by atoms with Crippen LogP contribution >= 0.6 is 0 Å². The number of nitrogens with one attached hydrogen (secondary N) is 2. The van der Waals surface area contributed by atoms with Crippen molar-refractivity contribution in [2.75, 3.05) is 40.3 Å². The average molecular weight is 299 g/mol. The Kier molecular flexibility index (Phi) is 8.16. The first kappa shape index (κ1) is 18.7. The van der Waals surface area contributed by atoms with Gasteiger partial charge in [0.1, 0.15) is 6.04 Å². The van der Waals surface area contributed by atoms with Crippen LogP contribution in [0.25, 0.3) is 0 Å². The van der Waals surface area contributed by atoms with Crippen molar-refractivity contribution < 1.29 is 27.5 Å². The Hall–Kier alpha value is -1.35. The fourth-order valence-electron chi connectivity index (χ4n) is 1.58. The maximum absolute atomic E-state index is 12.5. The van der Waals surface area contributed by atoms with Crippen LogP contribution in [-0.2, 0) is 14.3 Å². The van der Waals surface area contributed by atoms with Crippen LogP contribution in [0.15, 0.2) is 0 Å². The lowest BCUT2D eigenvalue weighted by Crippen LogP contribution is -2.51. The van der Waals surface area contributed by atoms with Crippen molar-refractivity contribution in [3.05, 3.63) is 0 Å². The molecule has 0 heterocycles. The predicted molar refractivity (Wildman–Crippen MR) is 66.0 cm³/mol. The second-order valence-electron chi connectivity index (χ2n) is 4.23. The molecule has 0 aliphatic rings. The van der Waals surface area contributed by atoms with E-state index in [0.717, 1.165) is 12.0 Å². The van der Waals surface area contributed by atoms with E-state index in [0.29, 0.717) is 6.54 Å². The van der Waals surface area contributed by atoms with Crippen molar-refractivity contribution in [2.24, 2.45) is 0 Å². The summed E-state index contributed by atoms with van der Waals surface area (Å²) in [6, 6.07) is -1.13. The topological polar surface area (TPSA) is 70.7 Å². The average Bonchev–Trinajstić information content (AvgIpc) is 2.31. The van der Waals surface area contributed by atoms with Crippen LogP contribution in [0.3, 0.4) is 0 Å². The Labute approximate surface area is 115 Å². The Morgan fingerprint density at radius 2 is 1.95 bits per heavy atom. The van der Waals surface area contributed by atoms with E-state index in [1.807, 2.05) is 0 Å². The Morgan fingerprint density at radius 1 is 1.35 bits per heavy atom. The second kappa shape index (κ2) is 8.75. The van der Waals surface area contributed by atoms with Gasteiger partial charge >= 0.3 is 12.1 Å². The van der Waals surface area contributed by atoms with Gasteiger partial charge in [-0.05, 0) is 7.05 Å². The molecular formula is C11H20F3N3O3. The number of likely N-dealkylation sites (N-methyl/N-ethyl adjacent to an activating group) is 1. The molecule has 0 radical (unpaired) electrons. The van der Waals surface area contributed by atoms with Gasteiger partial charge < -0.3 is 15.4 Å². The summed E-state index contributed by atoms with van der Waals surface area (Å²) < 4.78 is 41.9. The van der Waals surface area contributed by atoms with Gasteiger partial charge in [-0.3, -0.25) is 9.69 Å². The molecule has 2 N–H and O–H groups in total. The van der Waals surface area contributed by atoms with Crippen LogP contribution in [0.1, 0.15) is 6.92 Å². The fourth-order valence-corrected chi connectivity index (χ4v) is 1.58. The molecule has 0 spiro atoms. The van der Waals surface area contributed by atoms with Crippen molar-refractivity contribution in [1.82, 2.24) is 15.5 Å². The number of ether oxygens (including phenoxy) is 1. The van der Waals surface area contributed by atoms with Crippen LogP contribution in [-0.4, -0.2) is 69.3 Å². The Balaban J connectivity index is 4.76. The number of alkyl halides is 3. The zero-order valence-electron chi connectivity index (χ0n) is 11.7. The number of hydrogen-bond acceptors (Lipinski definition) is 5. The summed E-state index contributed by atoms with van der Waals surface area (Å²) in [4.78, 5) is 23.5. The highest BCUT2D eigenvalue weighted by Crippen LogP contribution is 2.16. The molecule has 0 saturated heterocycles. The van der Waals surface area contributed by atoms with E-state index < -0.39 is 30.6 Å². The molecule has 0 saturated carbocycles. The molecule has 0 aliphatic heterocycles. The Morgan fingerprint density at radius 3 is 2.35 bits per heavy atom. The first-order chi connectivity index (χ1) is 9.19. The van der Waals surface area contributed by atoms with E-state index in [1.165, 1.54) is 6.92 Å². The SMILES string of the molecule is CNCCN(CC(NC(C)=O)C(=O)OC)CC(F)(F)F. The summed E-state index contributed by atoms with van der Waals surface area (Å²) in [5, 5.41) is 5.01. The largest absolute Gasteiger partial charge is 0.467 e. The minimum atomic E-state index is -4.38. The summed E-state index contributed by atoms with van der Waals surface area (Å²) in [5.74, 6) is -1.29. The molecule has 0 aromatic heterocycles. The van der Waals surface area contributed by atoms with E-state index in [4.69, 9.17) is 0 Å². The van der Waals surface area contributed by atoms with Crippen LogP contribution in [0, 0.1) is 0 Å². The van der Waals surface area contributed by atoms with Crippen LogP contribution in [0.5, 0.6) is 0 Å².